The summed E-state index contributed by atoms with van der Waals surface area (Å²) in [7, 11) is 0. The van der Waals surface area contributed by atoms with Crippen LogP contribution in [0.25, 0.3) is 11.4 Å². The van der Waals surface area contributed by atoms with Gasteiger partial charge in [0.05, 0.1) is 11.4 Å². The fourth-order valence-electron chi connectivity index (χ4n) is 2.12. The minimum absolute atomic E-state index is 0.0454. The normalized spacial score (nSPS) is 10.4. The van der Waals surface area contributed by atoms with Crippen molar-refractivity contribution in [2.45, 2.75) is 6.42 Å². The first-order chi connectivity index (χ1) is 10.7. The molecule has 2 heterocycles. The number of hydrogen-bond donors (Lipinski definition) is 0. The Labute approximate surface area is 133 Å². The van der Waals surface area contributed by atoms with Crippen molar-refractivity contribution in [3.05, 3.63) is 83.1 Å². The number of pyridine rings is 2. The lowest BCUT2D eigenvalue weighted by Crippen LogP contribution is -2.03. The predicted octanol–water partition coefficient (Wildman–Crippen LogP) is 4.22. The maximum atomic E-state index is 12.2. The van der Waals surface area contributed by atoms with Gasteiger partial charge in [0.25, 0.3) is 0 Å². The zero-order valence-corrected chi connectivity index (χ0v) is 12.5. The van der Waals surface area contributed by atoms with Crippen LogP contribution in [0.5, 0.6) is 0 Å². The first kappa shape index (κ1) is 14.4. The lowest BCUT2D eigenvalue weighted by Gasteiger charge is -2.03. The summed E-state index contributed by atoms with van der Waals surface area (Å²) >= 11 is 5.82. The molecule has 3 rings (SSSR count). The molecule has 0 aliphatic heterocycles. The second-order valence-corrected chi connectivity index (χ2v) is 5.31. The van der Waals surface area contributed by atoms with Gasteiger partial charge in [0, 0.05) is 29.4 Å². The van der Waals surface area contributed by atoms with Crippen LogP contribution < -0.4 is 0 Å². The zero-order valence-electron chi connectivity index (χ0n) is 11.7. The molecule has 0 amide bonds. The average Bonchev–Trinajstić information content (AvgIpc) is 2.57. The molecule has 0 saturated heterocycles. The monoisotopic (exact) mass is 308 g/mol. The van der Waals surface area contributed by atoms with Crippen molar-refractivity contribution in [3.63, 3.8) is 0 Å². The fraction of sp³-hybridized carbons (Fsp3) is 0.0556. The Kier molecular flexibility index (Phi) is 4.26. The van der Waals surface area contributed by atoms with Crippen molar-refractivity contribution >= 4 is 17.4 Å². The van der Waals surface area contributed by atoms with Crippen molar-refractivity contribution in [2.75, 3.05) is 0 Å². The predicted molar refractivity (Wildman–Crippen MR) is 87.0 cm³/mol. The highest BCUT2D eigenvalue weighted by Crippen LogP contribution is 2.15. The number of Topliss-reactive ketones (excluding diaryl/α,β-unsaturated/α-hetero) is 1. The molecular formula is C18H13ClN2O. The summed E-state index contributed by atoms with van der Waals surface area (Å²) in [4.78, 5) is 20.8. The van der Waals surface area contributed by atoms with Gasteiger partial charge in [0.1, 0.15) is 0 Å². The van der Waals surface area contributed by atoms with E-state index in [2.05, 4.69) is 9.97 Å². The standard InChI is InChI=1S/C18H13ClN2O/c19-15-7-5-14(6-8-15)18(22)11-13-4-9-17(21-12-13)16-3-1-2-10-20-16/h1-10,12H,11H2. The van der Waals surface area contributed by atoms with Gasteiger partial charge in [-0.25, -0.2) is 0 Å². The van der Waals surface area contributed by atoms with E-state index >= 15 is 0 Å². The summed E-state index contributed by atoms with van der Waals surface area (Å²) in [6, 6.07) is 16.4. The highest BCUT2D eigenvalue weighted by atomic mass is 35.5. The van der Waals surface area contributed by atoms with E-state index in [4.69, 9.17) is 11.6 Å². The Balaban J connectivity index is 1.73. The molecule has 4 heteroatoms. The number of carbonyl (C=O) groups is 1. The Hall–Kier alpha value is -2.52. The third-order valence-electron chi connectivity index (χ3n) is 3.28. The number of hydrogen-bond acceptors (Lipinski definition) is 3. The molecule has 22 heavy (non-hydrogen) atoms. The summed E-state index contributed by atoms with van der Waals surface area (Å²) in [5.74, 6) is 0.0454. The molecule has 0 N–H and O–H groups in total. The molecule has 0 bridgehead atoms. The molecule has 108 valence electrons. The van der Waals surface area contributed by atoms with Gasteiger partial charge in [-0.05, 0) is 48.0 Å². The number of rotatable bonds is 4. The smallest absolute Gasteiger partial charge is 0.167 e. The van der Waals surface area contributed by atoms with Crippen molar-refractivity contribution in [2.24, 2.45) is 0 Å². The minimum Gasteiger partial charge on any atom is -0.294 e. The molecule has 0 spiro atoms. The average molecular weight is 309 g/mol. The van der Waals surface area contributed by atoms with Crippen LogP contribution in [0, 0.1) is 0 Å². The van der Waals surface area contributed by atoms with Crippen LogP contribution in [0.3, 0.4) is 0 Å². The van der Waals surface area contributed by atoms with Crippen LogP contribution in [0.2, 0.25) is 5.02 Å². The first-order valence-corrected chi connectivity index (χ1v) is 7.25. The first-order valence-electron chi connectivity index (χ1n) is 6.87. The lowest BCUT2D eigenvalue weighted by atomic mass is 10.0. The van der Waals surface area contributed by atoms with Crippen LogP contribution in [-0.2, 0) is 6.42 Å². The Morgan fingerprint density at radius 3 is 2.32 bits per heavy atom. The van der Waals surface area contributed by atoms with Gasteiger partial charge in [-0.1, -0.05) is 23.7 Å². The number of halogens is 1. The van der Waals surface area contributed by atoms with Crippen LogP contribution in [0.4, 0.5) is 0 Å². The van der Waals surface area contributed by atoms with Crippen molar-refractivity contribution < 1.29 is 4.79 Å². The van der Waals surface area contributed by atoms with E-state index in [1.807, 2.05) is 30.3 Å². The van der Waals surface area contributed by atoms with Gasteiger partial charge >= 0.3 is 0 Å². The van der Waals surface area contributed by atoms with Crippen LogP contribution in [-0.4, -0.2) is 15.8 Å². The molecule has 3 aromatic rings. The zero-order chi connectivity index (χ0) is 15.4. The van der Waals surface area contributed by atoms with Gasteiger partial charge < -0.3 is 0 Å². The third kappa shape index (κ3) is 3.38. The van der Waals surface area contributed by atoms with E-state index < -0.39 is 0 Å². The number of carbonyl (C=O) groups excluding carboxylic acids is 1. The van der Waals surface area contributed by atoms with Crippen LogP contribution in [0.1, 0.15) is 15.9 Å². The Bertz CT molecular complexity index is 768. The molecule has 2 aromatic heterocycles. The van der Waals surface area contributed by atoms with E-state index in [0.29, 0.717) is 17.0 Å². The van der Waals surface area contributed by atoms with E-state index in [9.17, 15) is 4.79 Å². The van der Waals surface area contributed by atoms with Crippen molar-refractivity contribution in [1.29, 1.82) is 0 Å². The summed E-state index contributed by atoms with van der Waals surface area (Å²) in [6.07, 6.45) is 3.77. The molecule has 1 aromatic carbocycles. The summed E-state index contributed by atoms with van der Waals surface area (Å²) in [6.45, 7) is 0. The molecule has 3 nitrogen and oxygen atoms in total. The van der Waals surface area contributed by atoms with E-state index in [0.717, 1.165) is 17.0 Å². The SMILES string of the molecule is O=C(Cc1ccc(-c2ccccn2)nc1)c1ccc(Cl)cc1. The maximum absolute atomic E-state index is 12.2. The Morgan fingerprint density at radius 2 is 1.68 bits per heavy atom. The molecule has 0 atom stereocenters. The summed E-state index contributed by atoms with van der Waals surface area (Å²) < 4.78 is 0. The molecule has 0 saturated carbocycles. The molecular weight excluding hydrogens is 296 g/mol. The quantitative estimate of drug-likeness (QED) is 0.678. The summed E-state index contributed by atoms with van der Waals surface area (Å²) in [5.41, 5.74) is 3.14. The second-order valence-electron chi connectivity index (χ2n) is 4.87. The largest absolute Gasteiger partial charge is 0.294 e. The third-order valence-corrected chi connectivity index (χ3v) is 3.53. The van der Waals surface area contributed by atoms with E-state index in [-0.39, 0.29) is 5.78 Å². The number of nitrogens with zero attached hydrogens (tertiary/aromatic N) is 2. The Morgan fingerprint density at radius 1 is 0.909 bits per heavy atom. The van der Waals surface area contributed by atoms with Gasteiger partial charge in [-0.2, -0.15) is 0 Å². The van der Waals surface area contributed by atoms with Crippen molar-refractivity contribution in [1.82, 2.24) is 9.97 Å². The maximum Gasteiger partial charge on any atom is 0.167 e. The van der Waals surface area contributed by atoms with Gasteiger partial charge in [-0.15, -0.1) is 0 Å². The number of ketones is 1. The molecule has 0 radical (unpaired) electrons. The summed E-state index contributed by atoms with van der Waals surface area (Å²) in [5, 5.41) is 0.623. The fourth-order valence-corrected chi connectivity index (χ4v) is 2.24. The molecule has 0 fully saturated rings. The van der Waals surface area contributed by atoms with Crippen LogP contribution >= 0.6 is 11.6 Å². The van der Waals surface area contributed by atoms with Crippen molar-refractivity contribution in [3.8, 4) is 11.4 Å². The number of aromatic nitrogens is 2. The topological polar surface area (TPSA) is 42.9 Å². The van der Waals surface area contributed by atoms with Crippen LogP contribution in [0.15, 0.2) is 67.0 Å². The minimum atomic E-state index is 0.0454. The van der Waals surface area contributed by atoms with Gasteiger partial charge in [0.2, 0.25) is 0 Å². The highest BCUT2D eigenvalue weighted by Gasteiger charge is 2.08. The number of benzene rings is 1. The van der Waals surface area contributed by atoms with Gasteiger partial charge in [-0.3, -0.25) is 14.8 Å². The molecule has 0 aliphatic rings. The highest BCUT2D eigenvalue weighted by molar-refractivity contribution is 6.30. The molecule has 0 unspecified atom stereocenters. The van der Waals surface area contributed by atoms with E-state index in [1.54, 1.807) is 36.7 Å². The van der Waals surface area contributed by atoms with Gasteiger partial charge in [0.15, 0.2) is 5.78 Å². The molecule has 0 aliphatic carbocycles. The van der Waals surface area contributed by atoms with E-state index in [1.165, 1.54) is 0 Å². The lowest BCUT2D eigenvalue weighted by molar-refractivity contribution is 0.0993. The second kappa shape index (κ2) is 6.50.